The summed E-state index contributed by atoms with van der Waals surface area (Å²) in [5.74, 6) is -0.319. The van der Waals surface area contributed by atoms with Crippen LogP contribution >= 0.6 is 15.9 Å². The first-order valence-corrected chi connectivity index (χ1v) is 5.63. The van der Waals surface area contributed by atoms with Crippen molar-refractivity contribution >= 4 is 15.9 Å². The number of aliphatic hydroxyl groups is 1. The molecular weight excluding hydrogens is 259 g/mol. The summed E-state index contributed by atoms with van der Waals surface area (Å²) < 4.78 is 13.3. The van der Waals surface area contributed by atoms with Gasteiger partial charge in [-0.15, -0.1) is 0 Å². The van der Waals surface area contributed by atoms with E-state index in [1.54, 1.807) is 12.1 Å². The zero-order valence-corrected chi connectivity index (χ0v) is 10.2. The Bertz CT molecular complexity index is 363. The van der Waals surface area contributed by atoms with Gasteiger partial charge >= 0.3 is 0 Å². The second kappa shape index (κ2) is 5.42. The van der Waals surface area contributed by atoms with Crippen molar-refractivity contribution < 1.29 is 9.50 Å². The molecule has 0 aliphatic heterocycles. The molecule has 0 aromatic heterocycles. The minimum absolute atomic E-state index is 0.319. The van der Waals surface area contributed by atoms with E-state index in [9.17, 15) is 9.50 Å². The quantitative estimate of drug-likeness (QED) is 0.823. The number of halogens is 2. The molecule has 3 heteroatoms. The first kappa shape index (κ1) is 12.4. The molecule has 15 heavy (non-hydrogen) atoms. The van der Waals surface area contributed by atoms with Crippen molar-refractivity contribution in [3.05, 3.63) is 46.2 Å². The summed E-state index contributed by atoms with van der Waals surface area (Å²) in [4.78, 5) is 0. The Morgan fingerprint density at radius 1 is 1.60 bits per heavy atom. The van der Waals surface area contributed by atoms with Crippen molar-refractivity contribution in [2.75, 3.05) is 0 Å². The Hall–Kier alpha value is -0.670. The van der Waals surface area contributed by atoms with Gasteiger partial charge in [-0.25, -0.2) is 4.39 Å². The summed E-state index contributed by atoms with van der Waals surface area (Å²) in [6, 6.07) is 4.54. The Balaban J connectivity index is 2.78. The van der Waals surface area contributed by atoms with Gasteiger partial charge in [0, 0.05) is 0 Å². The smallest absolute Gasteiger partial charge is 0.137 e. The molecule has 0 saturated carbocycles. The summed E-state index contributed by atoms with van der Waals surface area (Å²) >= 11 is 3.09. The molecule has 0 fully saturated rings. The lowest BCUT2D eigenvalue weighted by atomic mass is 10.0. The van der Waals surface area contributed by atoms with Crippen molar-refractivity contribution in [2.45, 2.75) is 25.9 Å². The zero-order valence-electron chi connectivity index (χ0n) is 8.63. The molecule has 0 bridgehead atoms. The Morgan fingerprint density at radius 2 is 2.27 bits per heavy atom. The van der Waals surface area contributed by atoms with Gasteiger partial charge in [-0.1, -0.05) is 25.1 Å². The van der Waals surface area contributed by atoms with Crippen LogP contribution in [0.2, 0.25) is 0 Å². The molecule has 0 spiro atoms. The van der Waals surface area contributed by atoms with Gasteiger partial charge in [0.2, 0.25) is 0 Å². The molecule has 0 aliphatic rings. The summed E-state index contributed by atoms with van der Waals surface area (Å²) in [7, 11) is 0. The maximum Gasteiger partial charge on any atom is 0.137 e. The maximum atomic E-state index is 12.9. The van der Waals surface area contributed by atoms with Crippen molar-refractivity contribution in [1.29, 1.82) is 0 Å². The maximum absolute atomic E-state index is 12.9. The van der Waals surface area contributed by atoms with Crippen molar-refractivity contribution in [3.8, 4) is 0 Å². The Labute approximate surface area is 97.8 Å². The highest BCUT2D eigenvalue weighted by Gasteiger charge is 2.10. The van der Waals surface area contributed by atoms with E-state index in [0.29, 0.717) is 16.5 Å². The van der Waals surface area contributed by atoms with E-state index in [0.717, 1.165) is 12.0 Å². The molecule has 0 radical (unpaired) electrons. The van der Waals surface area contributed by atoms with Crippen molar-refractivity contribution in [2.24, 2.45) is 0 Å². The molecule has 82 valence electrons. The largest absolute Gasteiger partial charge is 0.388 e. The third-order valence-electron chi connectivity index (χ3n) is 2.31. The van der Waals surface area contributed by atoms with Crippen LogP contribution < -0.4 is 0 Å². The van der Waals surface area contributed by atoms with E-state index in [4.69, 9.17) is 0 Å². The highest BCUT2D eigenvalue weighted by Crippen LogP contribution is 2.25. The standard InChI is InChI=1S/C12H14BrFO/c1-3-8(2)6-12(15)9-4-5-11(14)10(13)7-9/h4-5,7,12,15H,2-3,6H2,1H3. The lowest BCUT2D eigenvalue weighted by Gasteiger charge is -2.12. The van der Waals surface area contributed by atoms with Crippen LogP contribution in [-0.2, 0) is 0 Å². The molecule has 1 atom stereocenters. The molecular formula is C12H14BrFO. The van der Waals surface area contributed by atoms with E-state index < -0.39 is 6.10 Å². The van der Waals surface area contributed by atoms with Crippen LogP contribution in [0.4, 0.5) is 4.39 Å². The van der Waals surface area contributed by atoms with Crippen LogP contribution in [-0.4, -0.2) is 5.11 Å². The minimum atomic E-state index is -0.602. The monoisotopic (exact) mass is 272 g/mol. The number of hydrogen-bond donors (Lipinski definition) is 1. The predicted molar refractivity (Wildman–Crippen MR) is 63.1 cm³/mol. The lowest BCUT2D eigenvalue weighted by molar-refractivity contribution is 0.177. The molecule has 0 aliphatic carbocycles. The van der Waals surface area contributed by atoms with Gasteiger partial charge in [-0.05, 0) is 46.5 Å². The molecule has 0 saturated heterocycles. The first-order valence-electron chi connectivity index (χ1n) is 4.84. The number of aliphatic hydroxyl groups excluding tert-OH is 1. The molecule has 1 nitrogen and oxygen atoms in total. The minimum Gasteiger partial charge on any atom is -0.388 e. The predicted octanol–water partition coefficient (Wildman–Crippen LogP) is 3.98. The van der Waals surface area contributed by atoms with E-state index in [1.807, 2.05) is 6.92 Å². The van der Waals surface area contributed by atoms with Crippen LogP contribution in [0.15, 0.2) is 34.8 Å². The molecule has 1 aromatic rings. The number of hydrogen-bond acceptors (Lipinski definition) is 1. The average Bonchev–Trinajstić information content (AvgIpc) is 2.21. The Morgan fingerprint density at radius 3 is 2.80 bits per heavy atom. The molecule has 1 aromatic carbocycles. The molecule has 1 unspecified atom stereocenters. The second-order valence-corrected chi connectivity index (χ2v) is 4.35. The third kappa shape index (κ3) is 3.43. The lowest BCUT2D eigenvalue weighted by Crippen LogP contribution is -1.99. The first-order chi connectivity index (χ1) is 7.04. The van der Waals surface area contributed by atoms with Gasteiger partial charge in [0.05, 0.1) is 10.6 Å². The zero-order chi connectivity index (χ0) is 11.4. The summed E-state index contributed by atoms with van der Waals surface area (Å²) in [5.41, 5.74) is 1.70. The number of benzene rings is 1. The normalized spacial score (nSPS) is 12.5. The number of rotatable bonds is 4. The fraction of sp³-hybridized carbons (Fsp3) is 0.333. The molecule has 1 N–H and O–H groups in total. The molecule has 0 amide bonds. The third-order valence-corrected chi connectivity index (χ3v) is 2.92. The highest BCUT2D eigenvalue weighted by atomic mass is 79.9. The summed E-state index contributed by atoms with van der Waals surface area (Å²) in [6.07, 6.45) is 0.767. The SMILES string of the molecule is C=C(CC)CC(O)c1ccc(F)c(Br)c1. The van der Waals surface area contributed by atoms with Gasteiger partial charge in [0.25, 0.3) is 0 Å². The van der Waals surface area contributed by atoms with Crippen LogP contribution in [0.3, 0.4) is 0 Å². The molecule has 1 rings (SSSR count). The molecule has 0 heterocycles. The van der Waals surface area contributed by atoms with E-state index in [-0.39, 0.29) is 5.82 Å². The average molecular weight is 273 g/mol. The van der Waals surface area contributed by atoms with Gasteiger partial charge in [0.15, 0.2) is 0 Å². The van der Waals surface area contributed by atoms with Gasteiger partial charge < -0.3 is 5.11 Å². The topological polar surface area (TPSA) is 20.2 Å². The van der Waals surface area contributed by atoms with Crippen LogP contribution in [0, 0.1) is 5.82 Å². The van der Waals surface area contributed by atoms with Crippen LogP contribution in [0.5, 0.6) is 0 Å². The Kier molecular flexibility index (Phi) is 4.48. The van der Waals surface area contributed by atoms with Gasteiger partial charge in [-0.2, -0.15) is 0 Å². The second-order valence-electron chi connectivity index (χ2n) is 3.50. The fourth-order valence-electron chi connectivity index (χ4n) is 1.26. The van der Waals surface area contributed by atoms with E-state index >= 15 is 0 Å². The van der Waals surface area contributed by atoms with Crippen molar-refractivity contribution in [1.82, 2.24) is 0 Å². The summed E-state index contributed by atoms with van der Waals surface area (Å²) in [5, 5.41) is 9.83. The van der Waals surface area contributed by atoms with E-state index in [2.05, 4.69) is 22.5 Å². The van der Waals surface area contributed by atoms with E-state index in [1.165, 1.54) is 6.07 Å². The van der Waals surface area contributed by atoms with Crippen LogP contribution in [0.25, 0.3) is 0 Å². The summed E-state index contributed by atoms with van der Waals surface area (Å²) in [6.45, 7) is 5.83. The van der Waals surface area contributed by atoms with Gasteiger partial charge in [0.1, 0.15) is 5.82 Å². The highest BCUT2D eigenvalue weighted by molar-refractivity contribution is 9.10. The van der Waals surface area contributed by atoms with Crippen LogP contribution in [0.1, 0.15) is 31.4 Å². The van der Waals surface area contributed by atoms with Gasteiger partial charge in [-0.3, -0.25) is 0 Å². The fourth-order valence-corrected chi connectivity index (χ4v) is 1.65. The van der Waals surface area contributed by atoms with Crippen molar-refractivity contribution in [3.63, 3.8) is 0 Å².